The number of halogens is 1. The zero-order valence-electron chi connectivity index (χ0n) is 20.2. The topological polar surface area (TPSA) is 78.6 Å². The van der Waals surface area contributed by atoms with Crippen LogP contribution >= 0.6 is 11.6 Å². The molecular formula is C27H30ClNO5. The van der Waals surface area contributed by atoms with Crippen LogP contribution in [0, 0.1) is 0 Å². The quantitative estimate of drug-likeness (QED) is 0.237. The summed E-state index contributed by atoms with van der Waals surface area (Å²) in [5.41, 5.74) is 0.919. The lowest BCUT2D eigenvalue weighted by atomic mass is 10.0. The predicted octanol–water partition coefficient (Wildman–Crippen LogP) is 6.65. The molecule has 3 rings (SSSR count). The summed E-state index contributed by atoms with van der Waals surface area (Å²) < 4.78 is 16.8. The van der Waals surface area contributed by atoms with Crippen molar-refractivity contribution < 1.29 is 23.5 Å². The summed E-state index contributed by atoms with van der Waals surface area (Å²) in [7, 11) is 0. The summed E-state index contributed by atoms with van der Waals surface area (Å²) in [4.78, 5) is 29.5. The van der Waals surface area contributed by atoms with Crippen LogP contribution in [-0.4, -0.2) is 28.9 Å². The number of ketones is 1. The average Bonchev–Trinajstić information content (AvgIpc) is 3.22. The number of ether oxygens (including phenoxy) is 2. The number of hydrogen-bond acceptors (Lipinski definition) is 6. The van der Waals surface area contributed by atoms with Gasteiger partial charge in [0, 0.05) is 24.3 Å². The van der Waals surface area contributed by atoms with Crippen molar-refractivity contribution in [1.82, 2.24) is 4.98 Å². The molecule has 0 unspecified atom stereocenters. The molecule has 0 aliphatic rings. The highest BCUT2D eigenvalue weighted by Crippen LogP contribution is 2.32. The van der Waals surface area contributed by atoms with Gasteiger partial charge < -0.3 is 13.9 Å². The molecular weight excluding hydrogens is 454 g/mol. The van der Waals surface area contributed by atoms with E-state index in [1.165, 1.54) is 0 Å². The van der Waals surface area contributed by atoms with E-state index in [1.54, 1.807) is 51.1 Å². The van der Waals surface area contributed by atoms with Crippen LogP contribution < -0.4 is 4.74 Å². The van der Waals surface area contributed by atoms with Crippen LogP contribution in [0.5, 0.6) is 5.75 Å². The van der Waals surface area contributed by atoms with Crippen molar-refractivity contribution in [2.24, 2.45) is 0 Å². The van der Waals surface area contributed by atoms with Crippen molar-refractivity contribution in [2.45, 2.75) is 59.0 Å². The van der Waals surface area contributed by atoms with Crippen molar-refractivity contribution in [3.05, 3.63) is 70.6 Å². The summed E-state index contributed by atoms with van der Waals surface area (Å²) in [6.07, 6.45) is 0.733. The normalized spacial score (nSPS) is 11.5. The van der Waals surface area contributed by atoms with Gasteiger partial charge in [-0.05, 0) is 57.2 Å². The van der Waals surface area contributed by atoms with Crippen LogP contribution in [0.2, 0.25) is 5.02 Å². The maximum atomic E-state index is 12.8. The number of oxazole rings is 1. The van der Waals surface area contributed by atoms with E-state index in [2.05, 4.69) is 4.98 Å². The summed E-state index contributed by atoms with van der Waals surface area (Å²) in [5, 5.41) is 0.565. The molecule has 0 aliphatic heterocycles. The maximum Gasteiger partial charge on any atom is 0.349 e. The average molecular weight is 484 g/mol. The Balaban J connectivity index is 1.69. The molecule has 0 atom stereocenters. The van der Waals surface area contributed by atoms with E-state index in [0.717, 1.165) is 17.0 Å². The van der Waals surface area contributed by atoms with Gasteiger partial charge in [0.1, 0.15) is 11.5 Å². The number of hydrogen-bond donors (Lipinski definition) is 0. The monoisotopic (exact) mass is 483 g/mol. The van der Waals surface area contributed by atoms with Gasteiger partial charge in [0.25, 0.3) is 0 Å². The SMILES string of the molecule is CCOC(=O)C(C)(C)Oc1ccc(C(=O)CCc2nc(-c3ccccc3Cl)oc2C(C)C)cc1. The Kier molecular flexibility index (Phi) is 8.15. The molecule has 0 fully saturated rings. The van der Waals surface area contributed by atoms with Gasteiger partial charge in [-0.3, -0.25) is 4.79 Å². The van der Waals surface area contributed by atoms with Crippen LogP contribution in [0.4, 0.5) is 0 Å². The Labute approximate surface area is 205 Å². The van der Waals surface area contributed by atoms with Gasteiger partial charge in [0.15, 0.2) is 11.4 Å². The molecule has 0 bridgehead atoms. The molecule has 0 N–H and O–H groups in total. The summed E-state index contributed by atoms with van der Waals surface area (Å²) in [6.45, 7) is 9.37. The highest BCUT2D eigenvalue weighted by Gasteiger charge is 2.31. The van der Waals surface area contributed by atoms with Gasteiger partial charge in [-0.2, -0.15) is 0 Å². The summed E-state index contributed by atoms with van der Waals surface area (Å²) in [6, 6.07) is 14.1. The first-order chi connectivity index (χ1) is 16.1. The number of aromatic nitrogens is 1. The minimum absolute atomic E-state index is 0.0202. The van der Waals surface area contributed by atoms with E-state index in [9.17, 15) is 9.59 Å². The fourth-order valence-corrected chi connectivity index (χ4v) is 3.69. The second kappa shape index (κ2) is 10.9. The summed E-state index contributed by atoms with van der Waals surface area (Å²) >= 11 is 6.30. The molecule has 1 aromatic heterocycles. The third kappa shape index (κ3) is 6.06. The highest BCUT2D eigenvalue weighted by molar-refractivity contribution is 6.33. The van der Waals surface area contributed by atoms with Gasteiger partial charge >= 0.3 is 5.97 Å². The molecule has 3 aromatic rings. The smallest absolute Gasteiger partial charge is 0.349 e. The Bertz CT molecular complexity index is 1150. The molecule has 6 nitrogen and oxygen atoms in total. The molecule has 1 heterocycles. The first-order valence-corrected chi connectivity index (χ1v) is 11.7. The van der Waals surface area contributed by atoms with E-state index in [-0.39, 0.29) is 24.7 Å². The van der Waals surface area contributed by atoms with Gasteiger partial charge in [0.05, 0.1) is 22.9 Å². The number of esters is 1. The fourth-order valence-electron chi connectivity index (χ4n) is 3.47. The first kappa shape index (κ1) is 25.5. The lowest BCUT2D eigenvalue weighted by Crippen LogP contribution is -2.39. The van der Waals surface area contributed by atoms with Gasteiger partial charge in [-0.15, -0.1) is 0 Å². The van der Waals surface area contributed by atoms with E-state index < -0.39 is 11.6 Å². The second-order valence-electron chi connectivity index (χ2n) is 8.74. The molecule has 180 valence electrons. The molecule has 7 heteroatoms. The highest BCUT2D eigenvalue weighted by atomic mass is 35.5. The number of Topliss-reactive ketones (excluding diaryl/α,β-unsaturated/α-hetero) is 1. The standard InChI is InChI=1S/C27H30ClNO5/c1-6-32-26(31)27(4,5)34-19-13-11-18(12-14-19)23(30)16-15-22-24(17(2)3)33-25(29-22)20-9-7-8-10-21(20)28/h7-14,17H,6,15-16H2,1-5H3. The van der Waals surface area contributed by atoms with Gasteiger partial charge in [-0.1, -0.05) is 37.6 Å². The predicted molar refractivity (Wildman–Crippen MR) is 131 cm³/mol. The molecule has 0 saturated carbocycles. The molecule has 0 spiro atoms. The van der Waals surface area contributed by atoms with Gasteiger partial charge in [0.2, 0.25) is 5.89 Å². The maximum absolute atomic E-state index is 12.8. The Morgan fingerprint density at radius 1 is 1.09 bits per heavy atom. The number of benzene rings is 2. The van der Waals surface area contributed by atoms with Crippen LogP contribution in [0.25, 0.3) is 11.5 Å². The number of aryl methyl sites for hydroxylation is 1. The molecule has 2 aromatic carbocycles. The van der Waals surface area contributed by atoms with E-state index in [4.69, 9.17) is 25.5 Å². The lowest BCUT2D eigenvalue weighted by molar-refractivity contribution is -0.158. The molecule has 34 heavy (non-hydrogen) atoms. The van der Waals surface area contributed by atoms with E-state index in [1.807, 2.05) is 32.0 Å². The Morgan fingerprint density at radius 3 is 2.38 bits per heavy atom. The van der Waals surface area contributed by atoms with Crippen LogP contribution in [0.3, 0.4) is 0 Å². The fraction of sp³-hybridized carbons (Fsp3) is 0.370. The molecule has 0 amide bonds. The largest absolute Gasteiger partial charge is 0.476 e. The van der Waals surface area contributed by atoms with Gasteiger partial charge in [-0.25, -0.2) is 9.78 Å². The Hall–Kier alpha value is -3.12. The minimum Gasteiger partial charge on any atom is -0.476 e. The Morgan fingerprint density at radius 2 is 1.76 bits per heavy atom. The number of nitrogens with zero attached hydrogens (tertiary/aromatic N) is 1. The van der Waals surface area contributed by atoms with Crippen LogP contribution in [0.1, 0.15) is 68.8 Å². The zero-order valence-corrected chi connectivity index (χ0v) is 20.9. The van der Waals surface area contributed by atoms with Crippen molar-refractivity contribution in [3.8, 4) is 17.2 Å². The van der Waals surface area contributed by atoms with E-state index in [0.29, 0.717) is 28.6 Å². The van der Waals surface area contributed by atoms with Crippen molar-refractivity contribution in [2.75, 3.05) is 6.61 Å². The second-order valence-corrected chi connectivity index (χ2v) is 9.15. The third-order valence-electron chi connectivity index (χ3n) is 5.26. The number of carbonyl (C=O) groups is 2. The third-order valence-corrected chi connectivity index (χ3v) is 5.59. The van der Waals surface area contributed by atoms with Crippen molar-refractivity contribution >= 4 is 23.4 Å². The van der Waals surface area contributed by atoms with Crippen LogP contribution in [0.15, 0.2) is 52.9 Å². The molecule has 0 radical (unpaired) electrons. The summed E-state index contributed by atoms with van der Waals surface area (Å²) in [5.74, 6) is 1.36. The molecule has 0 saturated heterocycles. The van der Waals surface area contributed by atoms with Crippen molar-refractivity contribution in [3.63, 3.8) is 0 Å². The molecule has 0 aliphatic carbocycles. The van der Waals surface area contributed by atoms with E-state index >= 15 is 0 Å². The number of rotatable bonds is 10. The zero-order chi connectivity index (χ0) is 24.9. The van der Waals surface area contributed by atoms with Crippen LogP contribution in [-0.2, 0) is 16.0 Å². The first-order valence-electron chi connectivity index (χ1n) is 11.4. The lowest BCUT2D eigenvalue weighted by Gasteiger charge is -2.24. The van der Waals surface area contributed by atoms with Crippen molar-refractivity contribution in [1.29, 1.82) is 0 Å². The minimum atomic E-state index is -1.12. The number of carbonyl (C=O) groups excluding carboxylic acids is 2.